The van der Waals surface area contributed by atoms with Gasteiger partial charge in [0.25, 0.3) is 0 Å². The van der Waals surface area contributed by atoms with Crippen LogP contribution in [0.5, 0.6) is 0 Å². The number of unbranched alkanes of at least 4 members (excludes halogenated alkanes) is 8. The summed E-state index contributed by atoms with van der Waals surface area (Å²) in [4.78, 5) is 4.49. The molecule has 196 valence electrons. The lowest BCUT2D eigenvalue weighted by molar-refractivity contribution is -0.876. The van der Waals surface area contributed by atoms with Gasteiger partial charge in [0.15, 0.2) is 0 Å². The quantitative estimate of drug-likeness (QED) is 0.181. The molecule has 0 amide bonds. The van der Waals surface area contributed by atoms with Crippen LogP contribution in [0.15, 0.2) is 53.1 Å². The molecule has 0 radical (unpaired) electrons. The van der Waals surface area contributed by atoms with Crippen molar-refractivity contribution < 1.29 is 22.8 Å². The molecule has 0 saturated heterocycles. The molecule has 5 nitrogen and oxygen atoms in total. The Morgan fingerprint density at radius 3 is 1.86 bits per heavy atom. The van der Waals surface area contributed by atoms with Crippen LogP contribution in [0.25, 0.3) is 11.4 Å². The van der Waals surface area contributed by atoms with Crippen molar-refractivity contribution >= 4 is 0 Å². The van der Waals surface area contributed by atoms with Crippen LogP contribution in [0.2, 0.25) is 0 Å². The van der Waals surface area contributed by atoms with Gasteiger partial charge in [-0.05, 0) is 18.6 Å². The van der Waals surface area contributed by atoms with E-state index in [0.717, 1.165) is 36.1 Å². The Morgan fingerprint density at radius 2 is 1.31 bits per heavy atom. The average molecular weight is 504 g/mol. The van der Waals surface area contributed by atoms with Gasteiger partial charge in [0.05, 0.1) is 5.56 Å². The van der Waals surface area contributed by atoms with Gasteiger partial charge >= 0.3 is 6.18 Å². The first kappa shape index (κ1) is 27.9. The number of hydrogen-bond donors (Lipinski definition) is 1. The minimum atomic E-state index is -4.38. The van der Waals surface area contributed by atoms with Crippen molar-refractivity contribution in [3.63, 3.8) is 0 Å². The molecule has 3 rings (SSSR count). The number of aryl methyl sites for hydroxylation is 1. The van der Waals surface area contributed by atoms with Gasteiger partial charge < -0.3 is 14.8 Å². The number of nitrogens with one attached hydrogen (secondary N) is 1. The highest BCUT2D eigenvalue weighted by Gasteiger charge is 2.30. The molecule has 0 aliphatic rings. The molecule has 8 heteroatoms. The van der Waals surface area contributed by atoms with E-state index >= 15 is 0 Å². The first-order valence-corrected chi connectivity index (χ1v) is 12.9. The maximum atomic E-state index is 12.7. The number of alkyl halides is 3. The highest BCUT2D eigenvalue weighted by Crippen LogP contribution is 2.29. The molecule has 0 aliphatic heterocycles. The average Bonchev–Trinajstić information content (AvgIpc) is 3.32. The molecule has 0 bridgehead atoms. The fourth-order valence-corrected chi connectivity index (χ4v) is 4.16. The Morgan fingerprint density at radius 1 is 0.778 bits per heavy atom. The van der Waals surface area contributed by atoms with E-state index in [-0.39, 0.29) is 18.2 Å². The van der Waals surface area contributed by atoms with Gasteiger partial charge in [-0.15, -0.1) is 0 Å². The highest BCUT2D eigenvalue weighted by molar-refractivity contribution is 5.54. The summed E-state index contributed by atoms with van der Waals surface area (Å²) < 4.78 is 43.4. The normalized spacial score (nSPS) is 12.7. The second-order valence-electron chi connectivity index (χ2n) is 9.37. The van der Waals surface area contributed by atoms with Crippen LogP contribution in [0.4, 0.5) is 13.2 Å². The standard InChI is InChI=1S/C28H36F3N3O2/c1-2-3-4-5-6-7-8-9-10-11-26-32-27(33-36-26)24-16-12-22(13-17-24)20-34(35)21-23-14-18-25(19-15-23)28(29,30)31/h12-19,34H,2-11,20-21H2,1H3. The molecule has 36 heavy (non-hydrogen) atoms. The van der Waals surface area contributed by atoms with Gasteiger partial charge in [0, 0.05) is 23.1 Å². The van der Waals surface area contributed by atoms with E-state index in [1.54, 1.807) is 0 Å². The van der Waals surface area contributed by atoms with Crippen molar-refractivity contribution in [3.05, 3.63) is 76.3 Å². The van der Waals surface area contributed by atoms with Crippen LogP contribution in [0.1, 0.15) is 87.3 Å². The lowest BCUT2D eigenvalue weighted by atomic mass is 10.1. The minimum Gasteiger partial charge on any atom is -0.634 e. The van der Waals surface area contributed by atoms with E-state index in [1.807, 2.05) is 24.3 Å². The number of hydroxylamine groups is 2. The van der Waals surface area contributed by atoms with Crippen molar-refractivity contribution in [3.8, 4) is 11.4 Å². The molecule has 3 aromatic rings. The molecule has 1 N–H and O–H groups in total. The van der Waals surface area contributed by atoms with Crippen LogP contribution < -0.4 is 5.06 Å². The van der Waals surface area contributed by atoms with Crippen LogP contribution >= 0.6 is 0 Å². The first-order chi connectivity index (χ1) is 17.3. The van der Waals surface area contributed by atoms with E-state index in [4.69, 9.17) is 4.52 Å². The summed E-state index contributed by atoms with van der Waals surface area (Å²) in [5.74, 6) is 1.17. The summed E-state index contributed by atoms with van der Waals surface area (Å²) in [5, 5.41) is 16.4. The van der Waals surface area contributed by atoms with Gasteiger partial charge in [-0.1, -0.05) is 99.8 Å². The van der Waals surface area contributed by atoms with Crippen LogP contribution in [-0.4, -0.2) is 10.1 Å². The molecule has 1 heterocycles. The van der Waals surface area contributed by atoms with Crippen molar-refractivity contribution in [1.82, 2.24) is 10.1 Å². The number of benzene rings is 2. The third-order valence-corrected chi connectivity index (χ3v) is 6.26. The zero-order chi connectivity index (χ0) is 25.8. The Kier molecular flexibility index (Phi) is 10.9. The van der Waals surface area contributed by atoms with E-state index < -0.39 is 11.7 Å². The molecular weight excluding hydrogens is 467 g/mol. The SMILES string of the molecule is CCCCCCCCCCCc1nc(-c2ccc(C[NH+]([O-])Cc3ccc(C(F)(F)F)cc3)cc2)no1. The van der Waals surface area contributed by atoms with E-state index in [1.165, 1.54) is 63.5 Å². The number of halogens is 3. The summed E-state index contributed by atoms with van der Waals surface area (Å²) in [5.41, 5.74) is 1.49. The molecule has 1 atom stereocenters. The molecule has 2 aromatic carbocycles. The third-order valence-electron chi connectivity index (χ3n) is 6.26. The van der Waals surface area contributed by atoms with Gasteiger partial charge in [-0.2, -0.15) is 18.2 Å². The number of hydrogen-bond acceptors (Lipinski definition) is 4. The number of aromatic nitrogens is 2. The van der Waals surface area contributed by atoms with E-state index in [9.17, 15) is 18.4 Å². The number of rotatable bonds is 15. The first-order valence-electron chi connectivity index (χ1n) is 12.9. The lowest BCUT2D eigenvalue weighted by Crippen LogP contribution is -3.04. The van der Waals surface area contributed by atoms with Crippen LogP contribution in [0.3, 0.4) is 0 Å². The molecular formula is C28H36F3N3O2. The Balaban J connectivity index is 1.39. The van der Waals surface area contributed by atoms with Crippen LogP contribution in [-0.2, 0) is 25.7 Å². The molecule has 1 unspecified atom stereocenters. The second-order valence-corrected chi connectivity index (χ2v) is 9.37. The largest absolute Gasteiger partial charge is 0.634 e. The summed E-state index contributed by atoms with van der Waals surface area (Å²) in [6.07, 6.45) is 7.77. The summed E-state index contributed by atoms with van der Waals surface area (Å²) >= 11 is 0. The Bertz CT molecular complexity index is 1020. The molecule has 0 spiro atoms. The van der Waals surface area contributed by atoms with Crippen molar-refractivity contribution in [2.45, 2.75) is 90.4 Å². The Hall–Kier alpha value is -2.71. The lowest BCUT2D eigenvalue weighted by Gasteiger charge is -2.22. The molecule has 0 aliphatic carbocycles. The van der Waals surface area contributed by atoms with Crippen LogP contribution in [0, 0.1) is 5.21 Å². The van der Waals surface area contributed by atoms with Gasteiger partial charge in [0.2, 0.25) is 11.7 Å². The minimum absolute atomic E-state index is 0.0645. The predicted molar refractivity (Wildman–Crippen MR) is 134 cm³/mol. The van der Waals surface area contributed by atoms with Crippen molar-refractivity contribution in [2.24, 2.45) is 0 Å². The molecule has 0 fully saturated rings. The number of quaternary nitrogens is 1. The van der Waals surface area contributed by atoms with Gasteiger partial charge in [0.1, 0.15) is 13.1 Å². The monoisotopic (exact) mass is 503 g/mol. The maximum absolute atomic E-state index is 12.7. The molecule has 0 saturated carbocycles. The number of nitrogens with zero attached hydrogens (tertiary/aromatic N) is 2. The highest BCUT2D eigenvalue weighted by atomic mass is 19.4. The fraction of sp³-hybridized carbons (Fsp3) is 0.500. The van der Waals surface area contributed by atoms with E-state index in [0.29, 0.717) is 17.3 Å². The maximum Gasteiger partial charge on any atom is 0.416 e. The molecule has 1 aromatic heterocycles. The van der Waals surface area contributed by atoms with Gasteiger partial charge in [-0.3, -0.25) is 0 Å². The second kappa shape index (κ2) is 14.1. The zero-order valence-corrected chi connectivity index (χ0v) is 20.9. The fourth-order valence-electron chi connectivity index (χ4n) is 4.16. The predicted octanol–water partition coefficient (Wildman–Crippen LogP) is 6.91. The Labute approximate surface area is 211 Å². The summed E-state index contributed by atoms with van der Waals surface area (Å²) in [6, 6.07) is 12.1. The van der Waals surface area contributed by atoms with Gasteiger partial charge in [-0.25, -0.2) is 0 Å². The van der Waals surface area contributed by atoms with Crippen molar-refractivity contribution in [2.75, 3.05) is 0 Å². The topological polar surface area (TPSA) is 66.4 Å². The summed E-state index contributed by atoms with van der Waals surface area (Å²) in [7, 11) is 0. The van der Waals surface area contributed by atoms with Crippen molar-refractivity contribution in [1.29, 1.82) is 0 Å². The third kappa shape index (κ3) is 9.39. The van der Waals surface area contributed by atoms with E-state index in [2.05, 4.69) is 17.1 Å². The summed E-state index contributed by atoms with van der Waals surface area (Å²) in [6.45, 7) is 2.53. The zero-order valence-electron chi connectivity index (χ0n) is 20.9. The smallest absolute Gasteiger partial charge is 0.416 e.